The van der Waals surface area contributed by atoms with E-state index in [1.165, 1.54) is 13.4 Å². The number of aromatic nitrogens is 3. The second-order valence-electron chi connectivity index (χ2n) is 9.75. The van der Waals surface area contributed by atoms with E-state index >= 15 is 0 Å². The number of amides is 1. The van der Waals surface area contributed by atoms with E-state index in [0.29, 0.717) is 17.2 Å². The Morgan fingerprint density at radius 1 is 1.08 bits per heavy atom. The maximum absolute atomic E-state index is 12.5. The Balaban J connectivity index is 1.90. The van der Waals surface area contributed by atoms with Crippen LogP contribution in [-0.2, 0) is 9.47 Å². The van der Waals surface area contributed by atoms with Crippen LogP contribution in [0.15, 0.2) is 24.2 Å². The van der Waals surface area contributed by atoms with Gasteiger partial charge in [-0.25, -0.2) is 24.5 Å². The molecule has 13 heteroatoms. The van der Waals surface area contributed by atoms with Crippen LogP contribution in [-0.4, -0.2) is 50.2 Å². The van der Waals surface area contributed by atoms with Gasteiger partial charge >= 0.3 is 12.1 Å². The number of nitrogens with one attached hydrogen (secondary N) is 1. The first-order chi connectivity index (χ1) is 16.7. The fourth-order valence-corrected chi connectivity index (χ4v) is 4.15. The molecule has 11 nitrogen and oxygen atoms in total. The Hall–Kier alpha value is -2.80. The molecule has 36 heavy (non-hydrogen) atoms. The van der Waals surface area contributed by atoms with Gasteiger partial charge in [-0.2, -0.15) is 11.8 Å². The highest BCUT2D eigenvalue weighted by Crippen LogP contribution is 2.35. The summed E-state index contributed by atoms with van der Waals surface area (Å²) in [6.45, 7) is 13.3. The minimum Gasteiger partial charge on any atom is -0.464 e. The summed E-state index contributed by atoms with van der Waals surface area (Å²) in [7, 11) is 1.25. The van der Waals surface area contributed by atoms with Gasteiger partial charge in [0.1, 0.15) is 23.7 Å². The number of halogens is 1. The third-order valence-electron chi connectivity index (χ3n) is 4.37. The number of ether oxygens (including phenoxy) is 2. The number of aryl methyl sites for hydroxylation is 1. The summed E-state index contributed by atoms with van der Waals surface area (Å²) >= 11 is 5.00. The predicted molar refractivity (Wildman–Crippen MR) is 136 cm³/mol. The number of carbonyl (C=O) groups is 2. The highest BCUT2D eigenvalue weighted by atomic mass is 79.9. The fraction of sp³-hybridized carbons (Fsp3) is 0.522. The standard InChI is InChI=1S/C23H29BrN4O7S/c1-11-14(18-25-12(9-32-18)20(29)31-8)27-19(33-11)15-16(24)34-17(28-15)13(10-36-23(5,6)7)26-21(30)35-22(2,3)4/h9,13H,10H2,1-8H3,(H,26,30)/t13-/m0/s1. The number of thioether (sulfide) groups is 1. The normalized spacial score (nSPS) is 12.9. The lowest BCUT2D eigenvalue weighted by Gasteiger charge is -2.24. The SMILES string of the molecule is COC(=O)c1coc(-c2nc(-c3nc([C@H](CSC(C)(C)C)NC(=O)OC(C)(C)C)oc3Br)oc2C)n1. The van der Waals surface area contributed by atoms with Crippen molar-refractivity contribution in [2.45, 2.75) is 64.9 Å². The molecule has 1 atom stereocenters. The van der Waals surface area contributed by atoms with Gasteiger partial charge in [0.15, 0.2) is 17.1 Å². The molecule has 0 spiro atoms. The lowest BCUT2D eigenvalue weighted by atomic mass is 10.2. The quantitative estimate of drug-likeness (QED) is 0.329. The van der Waals surface area contributed by atoms with Gasteiger partial charge in [-0.15, -0.1) is 0 Å². The number of hydrogen-bond acceptors (Lipinski definition) is 11. The van der Waals surface area contributed by atoms with Gasteiger partial charge in [-0.3, -0.25) is 0 Å². The summed E-state index contributed by atoms with van der Waals surface area (Å²) in [6.07, 6.45) is 0.594. The van der Waals surface area contributed by atoms with E-state index in [0.717, 1.165) is 0 Å². The molecule has 0 aliphatic rings. The van der Waals surface area contributed by atoms with Crippen LogP contribution < -0.4 is 5.32 Å². The first-order valence-electron chi connectivity index (χ1n) is 11.0. The molecule has 0 fully saturated rings. The number of nitrogens with zero attached hydrogens (tertiary/aromatic N) is 3. The molecular formula is C23H29BrN4O7S. The minimum atomic E-state index is -0.659. The molecule has 196 valence electrons. The van der Waals surface area contributed by atoms with Crippen molar-refractivity contribution in [3.05, 3.63) is 28.3 Å². The number of oxazole rings is 3. The van der Waals surface area contributed by atoms with Crippen molar-refractivity contribution in [1.29, 1.82) is 0 Å². The number of methoxy groups -OCH3 is 1. The first-order valence-corrected chi connectivity index (χ1v) is 12.8. The van der Waals surface area contributed by atoms with Crippen LogP contribution >= 0.6 is 27.7 Å². The van der Waals surface area contributed by atoms with Crippen LogP contribution in [0.1, 0.15) is 69.7 Å². The maximum atomic E-state index is 12.5. The lowest BCUT2D eigenvalue weighted by Crippen LogP contribution is -2.36. The van der Waals surface area contributed by atoms with Gasteiger partial charge in [-0.05, 0) is 43.6 Å². The average Bonchev–Trinajstić information content (AvgIpc) is 3.46. The summed E-state index contributed by atoms with van der Waals surface area (Å²) in [4.78, 5) is 37.3. The van der Waals surface area contributed by atoms with Crippen LogP contribution in [0.4, 0.5) is 4.79 Å². The van der Waals surface area contributed by atoms with E-state index in [4.69, 9.17) is 18.0 Å². The number of rotatable bonds is 7. The second kappa shape index (κ2) is 10.7. The van der Waals surface area contributed by atoms with Crippen molar-refractivity contribution in [1.82, 2.24) is 20.3 Å². The topological polar surface area (TPSA) is 143 Å². The minimum absolute atomic E-state index is 0.00811. The van der Waals surface area contributed by atoms with E-state index in [1.807, 2.05) is 0 Å². The molecule has 0 saturated carbocycles. The molecule has 3 heterocycles. The molecule has 1 N–H and O–H groups in total. The molecule has 3 aromatic rings. The predicted octanol–water partition coefficient (Wildman–Crippen LogP) is 5.94. The molecule has 0 aliphatic carbocycles. The molecule has 3 aromatic heterocycles. The number of esters is 1. The van der Waals surface area contributed by atoms with E-state index in [-0.39, 0.29) is 38.5 Å². The summed E-state index contributed by atoms with van der Waals surface area (Å²) in [6, 6.07) is -0.584. The maximum Gasteiger partial charge on any atom is 0.408 e. The number of alkyl carbamates (subject to hydrolysis) is 1. The average molecular weight is 585 g/mol. The van der Waals surface area contributed by atoms with Gasteiger partial charge in [0.25, 0.3) is 5.89 Å². The lowest BCUT2D eigenvalue weighted by molar-refractivity contribution is 0.0500. The molecule has 0 aromatic carbocycles. The van der Waals surface area contributed by atoms with Crippen LogP contribution in [0.3, 0.4) is 0 Å². The monoisotopic (exact) mass is 584 g/mol. The van der Waals surface area contributed by atoms with Gasteiger partial charge in [0, 0.05) is 10.5 Å². The zero-order valence-corrected chi connectivity index (χ0v) is 23.7. The van der Waals surface area contributed by atoms with Crippen molar-refractivity contribution in [3.63, 3.8) is 0 Å². The van der Waals surface area contributed by atoms with E-state index in [2.05, 4.69) is 61.7 Å². The van der Waals surface area contributed by atoms with Crippen molar-refractivity contribution < 1.29 is 32.3 Å². The van der Waals surface area contributed by atoms with E-state index in [9.17, 15) is 9.59 Å². The third kappa shape index (κ3) is 7.12. The van der Waals surface area contributed by atoms with Crippen molar-refractivity contribution in [2.75, 3.05) is 12.9 Å². The van der Waals surface area contributed by atoms with Gasteiger partial charge in [0.2, 0.25) is 16.5 Å². The van der Waals surface area contributed by atoms with Gasteiger partial charge in [-0.1, -0.05) is 20.8 Å². The highest BCUT2D eigenvalue weighted by molar-refractivity contribution is 9.10. The third-order valence-corrected chi connectivity index (χ3v) is 6.28. The molecule has 0 aliphatic heterocycles. The van der Waals surface area contributed by atoms with Crippen LogP contribution in [0.5, 0.6) is 0 Å². The first kappa shape index (κ1) is 27.8. The summed E-state index contributed by atoms with van der Waals surface area (Å²) in [5, 5.41) is 2.84. The van der Waals surface area contributed by atoms with Crippen molar-refractivity contribution in [2.24, 2.45) is 0 Å². The number of carbonyl (C=O) groups excluding carboxylic acids is 2. The molecule has 1 amide bonds. The molecule has 0 unspecified atom stereocenters. The van der Waals surface area contributed by atoms with Crippen molar-refractivity contribution >= 4 is 39.8 Å². The second-order valence-corrected chi connectivity index (χ2v) is 12.3. The van der Waals surface area contributed by atoms with Crippen LogP contribution in [0, 0.1) is 6.92 Å². The summed E-state index contributed by atoms with van der Waals surface area (Å²) in [5.41, 5.74) is -0.0683. The molecule has 3 rings (SSSR count). The van der Waals surface area contributed by atoms with Crippen molar-refractivity contribution in [3.8, 4) is 23.2 Å². The Morgan fingerprint density at radius 2 is 1.78 bits per heavy atom. The Morgan fingerprint density at radius 3 is 2.39 bits per heavy atom. The molecular weight excluding hydrogens is 556 g/mol. The molecule has 0 bridgehead atoms. The Bertz CT molecular complexity index is 1240. The number of hydrogen-bond donors (Lipinski definition) is 1. The molecule has 0 saturated heterocycles. The van der Waals surface area contributed by atoms with Crippen LogP contribution in [0.25, 0.3) is 23.2 Å². The highest BCUT2D eigenvalue weighted by Gasteiger charge is 2.29. The Labute approximate surface area is 221 Å². The fourth-order valence-electron chi connectivity index (χ4n) is 2.83. The summed E-state index contributed by atoms with van der Waals surface area (Å²) in [5.74, 6) is 0.729. The van der Waals surface area contributed by atoms with Gasteiger partial charge < -0.3 is 28.0 Å². The van der Waals surface area contributed by atoms with E-state index < -0.39 is 23.7 Å². The zero-order valence-electron chi connectivity index (χ0n) is 21.3. The van der Waals surface area contributed by atoms with E-state index in [1.54, 1.807) is 39.5 Å². The largest absolute Gasteiger partial charge is 0.464 e. The van der Waals surface area contributed by atoms with Gasteiger partial charge in [0.05, 0.1) is 7.11 Å². The molecule has 0 radical (unpaired) electrons. The smallest absolute Gasteiger partial charge is 0.408 e. The summed E-state index contributed by atoms with van der Waals surface area (Å²) < 4.78 is 27.3. The Kier molecular flexibility index (Phi) is 8.23. The zero-order chi connectivity index (χ0) is 26.8. The van der Waals surface area contributed by atoms with Crippen LogP contribution in [0.2, 0.25) is 0 Å².